The Bertz CT molecular complexity index is 963. The Hall–Kier alpha value is -2.81. The molecule has 2 heterocycles. The number of ether oxygens (including phenoxy) is 2. The molecule has 1 atom stereocenters. The molecular formula is C27H42N6O4S. The fourth-order valence-corrected chi connectivity index (χ4v) is 5.46. The first-order valence-corrected chi connectivity index (χ1v) is 14.6. The lowest BCUT2D eigenvalue weighted by Crippen LogP contribution is -2.57. The van der Waals surface area contributed by atoms with Gasteiger partial charge in [0.15, 0.2) is 0 Å². The van der Waals surface area contributed by atoms with Crippen molar-refractivity contribution in [1.29, 1.82) is 5.26 Å². The number of thioether (sulfide) groups is 1. The van der Waals surface area contributed by atoms with Crippen LogP contribution in [0.15, 0.2) is 35.3 Å². The number of piperidine rings is 1. The van der Waals surface area contributed by atoms with E-state index in [0.29, 0.717) is 50.7 Å². The average molecular weight is 547 g/mol. The van der Waals surface area contributed by atoms with Gasteiger partial charge in [-0.1, -0.05) is 37.3 Å². The Morgan fingerprint density at radius 1 is 1.21 bits per heavy atom. The number of rotatable bonds is 10. The Balaban J connectivity index is 0.00000533. The zero-order valence-corrected chi connectivity index (χ0v) is 23.3. The highest BCUT2D eigenvalue weighted by Gasteiger charge is 2.38. The molecule has 1 aromatic rings. The first-order valence-electron chi connectivity index (χ1n) is 13.4. The van der Waals surface area contributed by atoms with Gasteiger partial charge in [-0.25, -0.2) is 9.79 Å². The maximum absolute atomic E-state index is 13.7. The summed E-state index contributed by atoms with van der Waals surface area (Å²) in [5.41, 5.74) is 0.225. The number of guanidine groups is 1. The third kappa shape index (κ3) is 9.19. The summed E-state index contributed by atoms with van der Waals surface area (Å²) in [5, 5.41) is 15.8. The summed E-state index contributed by atoms with van der Waals surface area (Å²) in [4.78, 5) is 35.0. The molecule has 1 aromatic carbocycles. The van der Waals surface area contributed by atoms with Crippen LogP contribution in [0.5, 0.6) is 0 Å². The molecule has 2 fully saturated rings. The highest BCUT2D eigenvalue weighted by atomic mass is 32.2. The van der Waals surface area contributed by atoms with Crippen LogP contribution in [-0.2, 0) is 20.0 Å². The van der Waals surface area contributed by atoms with Crippen LogP contribution in [0.3, 0.4) is 0 Å². The summed E-state index contributed by atoms with van der Waals surface area (Å²) < 4.78 is 10.5. The smallest absolute Gasteiger partial charge is 0.413 e. The second-order valence-corrected chi connectivity index (χ2v) is 10.5. The van der Waals surface area contributed by atoms with Gasteiger partial charge in [0.2, 0.25) is 11.9 Å². The minimum atomic E-state index is -0.924. The summed E-state index contributed by atoms with van der Waals surface area (Å²) in [7, 11) is 0. The normalized spacial score (nSPS) is 18.8. The first-order chi connectivity index (χ1) is 18.5. The summed E-state index contributed by atoms with van der Waals surface area (Å²) in [6.45, 7) is 8.67. The van der Waals surface area contributed by atoms with Crippen molar-refractivity contribution in [3.8, 4) is 6.07 Å². The average Bonchev–Trinajstić information content (AvgIpc) is 2.94. The lowest BCUT2D eigenvalue weighted by molar-refractivity contribution is -0.123. The van der Waals surface area contributed by atoms with E-state index in [-0.39, 0.29) is 19.9 Å². The van der Waals surface area contributed by atoms with E-state index >= 15 is 0 Å². The van der Waals surface area contributed by atoms with Gasteiger partial charge in [-0.05, 0) is 38.3 Å². The monoisotopic (exact) mass is 546 g/mol. The lowest BCUT2D eigenvalue weighted by atomic mass is 9.88. The number of morpholine rings is 1. The molecule has 2 aliphatic rings. The van der Waals surface area contributed by atoms with Crippen molar-refractivity contribution in [1.82, 2.24) is 20.4 Å². The molecule has 2 aliphatic heterocycles. The first kappa shape index (κ1) is 29.7. The van der Waals surface area contributed by atoms with Crippen LogP contribution in [-0.4, -0.2) is 97.6 Å². The molecule has 0 bridgehead atoms. The Kier molecular flexibility index (Phi) is 12.2. The van der Waals surface area contributed by atoms with E-state index in [2.05, 4.69) is 28.5 Å². The SMILES string of the molecule is CCCN1CCC(C#N)(NC(=O)[C@H](CSCc2ccccc2)N=C(NC(=O)OCC)N2CCOCC2)CC1.[HH]. The highest BCUT2D eigenvalue weighted by Crippen LogP contribution is 2.23. The van der Waals surface area contributed by atoms with E-state index in [0.717, 1.165) is 31.6 Å². The van der Waals surface area contributed by atoms with Gasteiger partial charge in [0.1, 0.15) is 11.6 Å². The zero-order chi connectivity index (χ0) is 27.2. The van der Waals surface area contributed by atoms with Crippen molar-refractivity contribution >= 4 is 29.7 Å². The van der Waals surface area contributed by atoms with Gasteiger partial charge in [0.05, 0.1) is 25.9 Å². The van der Waals surface area contributed by atoms with Gasteiger partial charge < -0.3 is 24.6 Å². The minimum Gasteiger partial charge on any atom is -0.450 e. The number of amides is 2. The largest absolute Gasteiger partial charge is 0.450 e. The van der Waals surface area contributed by atoms with Crippen LogP contribution in [0.2, 0.25) is 0 Å². The van der Waals surface area contributed by atoms with Crippen molar-refractivity contribution in [3.05, 3.63) is 35.9 Å². The molecule has 0 spiro atoms. The summed E-state index contributed by atoms with van der Waals surface area (Å²) in [6, 6.07) is 11.6. The molecule has 3 rings (SSSR count). The number of hydrogen-bond donors (Lipinski definition) is 2. The third-order valence-corrected chi connectivity index (χ3v) is 7.68. The van der Waals surface area contributed by atoms with Gasteiger partial charge in [-0.2, -0.15) is 17.0 Å². The number of nitriles is 1. The van der Waals surface area contributed by atoms with Crippen LogP contribution < -0.4 is 10.6 Å². The van der Waals surface area contributed by atoms with Crippen molar-refractivity contribution in [3.63, 3.8) is 0 Å². The molecule has 0 saturated carbocycles. The fraction of sp³-hybridized carbons (Fsp3) is 0.630. The van der Waals surface area contributed by atoms with E-state index in [1.165, 1.54) is 0 Å². The van der Waals surface area contributed by atoms with Crippen molar-refractivity contribution in [2.45, 2.75) is 50.4 Å². The van der Waals surface area contributed by atoms with Gasteiger partial charge in [-0.15, -0.1) is 0 Å². The van der Waals surface area contributed by atoms with Crippen molar-refractivity contribution in [2.24, 2.45) is 4.99 Å². The van der Waals surface area contributed by atoms with Crippen LogP contribution in [0.1, 0.15) is 40.1 Å². The molecule has 2 N–H and O–H groups in total. The number of carbonyl (C=O) groups excluding carboxylic acids is 2. The maximum atomic E-state index is 13.7. The van der Waals surface area contributed by atoms with Gasteiger partial charge in [0, 0.05) is 39.1 Å². The van der Waals surface area contributed by atoms with E-state index in [1.807, 2.05) is 35.2 Å². The molecule has 10 nitrogen and oxygen atoms in total. The lowest BCUT2D eigenvalue weighted by Gasteiger charge is -2.38. The number of aliphatic imine (C=N–C) groups is 1. The molecular weight excluding hydrogens is 504 g/mol. The third-order valence-electron chi connectivity index (χ3n) is 6.59. The second kappa shape index (κ2) is 15.6. The van der Waals surface area contributed by atoms with Crippen molar-refractivity contribution in [2.75, 3.05) is 58.3 Å². The Morgan fingerprint density at radius 3 is 2.55 bits per heavy atom. The highest BCUT2D eigenvalue weighted by molar-refractivity contribution is 7.98. The van der Waals surface area contributed by atoms with Gasteiger partial charge in [-0.3, -0.25) is 10.1 Å². The zero-order valence-electron chi connectivity index (χ0n) is 22.5. The molecule has 2 saturated heterocycles. The van der Waals surface area contributed by atoms with Crippen LogP contribution in [0.4, 0.5) is 4.79 Å². The predicted molar refractivity (Wildman–Crippen MR) is 151 cm³/mol. The molecule has 38 heavy (non-hydrogen) atoms. The maximum Gasteiger partial charge on any atom is 0.413 e. The topological polar surface area (TPSA) is 119 Å². The molecule has 0 aromatic heterocycles. The van der Waals surface area contributed by atoms with Crippen LogP contribution in [0.25, 0.3) is 0 Å². The van der Waals surface area contributed by atoms with E-state index < -0.39 is 17.7 Å². The predicted octanol–water partition coefficient (Wildman–Crippen LogP) is 2.85. The van der Waals surface area contributed by atoms with Gasteiger partial charge >= 0.3 is 6.09 Å². The van der Waals surface area contributed by atoms with E-state index in [1.54, 1.807) is 18.7 Å². The minimum absolute atomic E-state index is 0. The number of benzene rings is 1. The number of nitrogens with zero attached hydrogens (tertiary/aromatic N) is 4. The van der Waals surface area contributed by atoms with Crippen LogP contribution in [0, 0.1) is 11.3 Å². The number of hydrogen-bond acceptors (Lipinski definition) is 8. The standard InChI is InChI=1S/C27H40N6O4S.H2/c1-3-12-32-13-10-27(21-28,11-14-32)31-24(34)23(20-38-19-22-8-6-5-7-9-22)29-25(30-26(35)37-4-2)33-15-17-36-18-16-33;/h5-9,23H,3-4,10-20H2,1-2H3,(H,31,34)(H,29,30,35);1H/t23-;/m0./s1. The van der Waals surface area contributed by atoms with Gasteiger partial charge in [0.25, 0.3) is 0 Å². The quantitative estimate of drug-likeness (QED) is 0.340. The molecule has 0 radical (unpaired) electrons. The number of carbonyl (C=O) groups is 2. The summed E-state index contributed by atoms with van der Waals surface area (Å²) in [5.74, 6) is 1.08. The Morgan fingerprint density at radius 2 is 1.92 bits per heavy atom. The second-order valence-electron chi connectivity index (χ2n) is 9.44. The summed E-state index contributed by atoms with van der Waals surface area (Å²) >= 11 is 1.59. The summed E-state index contributed by atoms with van der Waals surface area (Å²) in [6.07, 6.45) is 1.57. The number of nitrogens with one attached hydrogen (secondary N) is 2. The number of alkyl carbamates (subject to hydrolysis) is 1. The van der Waals surface area contributed by atoms with E-state index in [4.69, 9.17) is 14.5 Å². The Labute approximate surface area is 231 Å². The molecule has 210 valence electrons. The van der Waals surface area contributed by atoms with E-state index in [9.17, 15) is 14.9 Å². The number of likely N-dealkylation sites (tertiary alicyclic amines) is 1. The molecule has 0 unspecified atom stereocenters. The fourth-order valence-electron chi connectivity index (χ4n) is 4.47. The molecule has 2 amide bonds. The molecule has 0 aliphatic carbocycles. The van der Waals surface area contributed by atoms with Crippen molar-refractivity contribution < 1.29 is 20.5 Å². The van der Waals surface area contributed by atoms with Crippen LogP contribution >= 0.6 is 11.8 Å². The molecule has 11 heteroatoms.